The van der Waals surface area contributed by atoms with Crippen LogP contribution in [0.4, 0.5) is 11.4 Å². The lowest BCUT2D eigenvalue weighted by Gasteiger charge is -2.35. The Hall–Kier alpha value is -2.59. The van der Waals surface area contributed by atoms with Crippen molar-refractivity contribution in [1.29, 1.82) is 0 Å². The lowest BCUT2D eigenvalue weighted by Crippen LogP contribution is -2.44. The second-order valence-corrected chi connectivity index (χ2v) is 7.02. The Balaban J connectivity index is 1.62. The number of likely N-dealkylation sites (N-methyl/N-ethyl adjacent to an activating group) is 1. The van der Waals surface area contributed by atoms with Gasteiger partial charge in [0.2, 0.25) is 5.91 Å². The quantitative estimate of drug-likeness (QED) is 0.855. The van der Waals surface area contributed by atoms with Crippen LogP contribution in [-0.2, 0) is 4.79 Å². The number of carbonyl (C=O) groups excluding carboxylic acids is 1. The predicted octanol–water partition coefficient (Wildman–Crippen LogP) is 3.71. The molecule has 1 heterocycles. The van der Waals surface area contributed by atoms with Crippen molar-refractivity contribution >= 4 is 23.4 Å². The van der Waals surface area contributed by atoms with E-state index in [0.29, 0.717) is 0 Å². The molecule has 2 aromatic carbocycles. The van der Waals surface area contributed by atoms with Crippen LogP contribution in [0.2, 0.25) is 0 Å². The van der Waals surface area contributed by atoms with Crippen LogP contribution >= 0.6 is 0 Å². The van der Waals surface area contributed by atoms with Crippen LogP contribution in [0.3, 0.4) is 0 Å². The summed E-state index contributed by atoms with van der Waals surface area (Å²) in [6.45, 7) is 8.41. The molecule has 0 aliphatic carbocycles. The van der Waals surface area contributed by atoms with Gasteiger partial charge in [-0.2, -0.15) is 0 Å². The molecule has 0 atom stereocenters. The van der Waals surface area contributed by atoms with Crippen LogP contribution in [0.1, 0.15) is 16.7 Å². The number of hydrogen-bond donors (Lipinski definition) is 1. The minimum absolute atomic E-state index is 0.114. The molecule has 1 saturated heterocycles. The molecule has 0 saturated carbocycles. The van der Waals surface area contributed by atoms with Gasteiger partial charge in [0.15, 0.2) is 0 Å². The Morgan fingerprint density at radius 2 is 1.69 bits per heavy atom. The molecule has 1 aliphatic rings. The van der Waals surface area contributed by atoms with Crippen LogP contribution in [0.15, 0.2) is 48.5 Å². The number of aryl methyl sites for hydroxylation is 2. The third-order valence-electron chi connectivity index (χ3n) is 4.81. The SMILES string of the molecule is Cc1ccc(/C=C/C(=O)Nc2ccc(N3CCN(C)CC3)c(C)c2)cc1. The van der Waals surface area contributed by atoms with Gasteiger partial charge in [-0.05, 0) is 56.3 Å². The molecule has 2 aromatic rings. The van der Waals surface area contributed by atoms with Gasteiger partial charge in [-0.1, -0.05) is 29.8 Å². The maximum atomic E-state index is 12.2. The van der Waals surface area contributed by atoms with Crippen molar-refractivity contribution in [2.75, 3.05) is 43.4 Å². The van der Waals surface area contributed by atoms with Crippen molar-refractivity contribution in [1.82, 2.24) is 4.90 Å². The number of nitrogens with one attached hydrogen (secondary N) is 1. The lowest BCUT2D eigenvalue weighted by molar-refractivity contribution is -0.111. The van der Waals surface area contributed by atoms with Crippen molar-refractivity contribution in [3.63, 3.8) is 0 Å². The van der Waals surface area contributed by atoms with E-state index in [-0.39, 0.29) is 5.91 Å². The third kappa shape index (κ3) is 4.73. The molecular formula is C22H27N3O. The van der Waals surface area contributed by atoms with Gasteiger partial charge in [-0.25, -0.2) is 0 Å². The van der Waals surface area contributed by atoms with E-state index in [2.05, 4.69) is 35.2 Å². The molecule has 1 fully saturated rings. The first kappa shape index (κ1) is 18.2. The smallest absolute Gasteiger partial charge is 0.248 e. The Bertz CT molecular complexity index is 788. The summed E-state index contributed by atoms with van der Waals surface area (Å²) in [5.74, 6) is -0.114. The standard InChI is InChI=1S/C22H27N3O/c1-17-4-6-19(7-5-17)8-11-22(26)23-20-9-10-21(18(2)16-20)25-14-12-24(3)13-15-25/h4-11,16H,12-15H2,1-3H3,(H,23,26)/b11-8+. The van der Waals surface area contributed by atoms with Gasteiger partial charge >= 0.3 is 0 Å². The van der Waals surface area contributed by atoms with E-state index in [1.807, 2.05) is 49.4 Å². The van der Waals surface area contributed by atoms with Crippen molar-refractivity contribution in [3.05, 3.63) is 65.2 Å². The van der Waals surface area contributed by atoms with Gasteiger partial charge in [-0.3, -0.25) is 4.79 Å². The average molecular weight is 349 g/mol. The van der Waals surface area contributed by atoms with Crippen molar-refractivity contribution in [2.45, 2.75) is 13.8 Å². The van der Waals surface area contributed by atoms with Gasteiger partial charge in [0, 0.05) is 43.6 Å². The summed E-state index contributed by atoms with van der Waals surface area (Å²) < 4.78 is 0. The van der Waals surface area contributed by atoms with Crippen molar-refractivity contribution < 1.29 is 4.79 Å². The first-order valence-electron chi connectivity index (χ1n) is 9.11. The Labute approximate surface area is 156 Å². The number of nitrogens with zero attached hydrogens (tertiary/aromatic N) is 2. The number of amides is 1. The second-order valence-electron chi connectivity index (χ2n) is 7.02. The molecule has 1 aliphatic heterocycles. The number of carbonyl (C=O) groups is 1. The number of hydrogen-bond acceptors (Lipinski definition) is 3. The zero-order chi connectivity index (χ0) is 18.5. The highest BCUT2D eigenvalue weighted by Crippen LogP contribution is 2.24. The van der Waals surface area contributed by atoms with Crippen LogP contribution < -0.4 is 10.2 Å². The van der Waals surface area contributed by atoms with Crippen LogP contribution in [0, 0.1) is 13.8 Å². The van der Waals surface area contributed by atoms with Gasteiger partial charge in [0.1, 0.15) is 0 Å². The van der Waals surface area contributed by atoms with Gasteiger partial charge in [0.05, 0.1) is 0 Å². The third-order valence-corrected chi connectivity index (χ3v) is 4.81. The van der Waals surface area contributed by atoms with E-state index in [0.717, 1.165) is 37.4 Å². The lowest BCUT2D eigenvalue weighted by atomic mass is 10.1. The number of anilines is 2. The molecule has 136 valence electrons. The van der Waals surface area contributed by atoms with E-state index in [4.69, 9.17) is 0 Å². The van der Waals surface area contributed by atoms with Crippen LogP contribution in [0.5, 0.6) is 0 Å². The minimum atomic E-state index is -0.114. The molecule has 0 radical (unpaired) electrons. The molecule has 0 spiro atoms. The normalized spacial score (nSPS) is 15.4. The van der Waals surface area contributed by atoms with E-state index in [1.165, 1.54) is 16.8 Å². The summed E-state index contributed by atoms with van der Waals surface area (Å²) >= 11 is 0. The van der Waals surface area contributed by atoms with Gasteiger partial charge in [0.25, 0.3) is 0 Å². The molecule has 0 unspecified atom stereocenters. The molecule has 0 aromatic heterocycles. The summed E-state index contributed by atoms with van der Waals surface area (Å²) in [4.78, 5) is 16.9. The van der Waals surface area contributed by atoms with E-state index in [9.17, 15) is 4.79 Å². The van der Waals surface area contributed by atoms with E-state index < -0.39 is 0 Å². The fourth-order valence-electron chi connectivity index (χ4n) is 3.17. The molecule has 4 heteroatoms. The highest BCUT2D eigenvalue weighted by Gasteiger charge is 2.16. The van der Waals surface area contributed by atoms with E-state index >= 15 is 0 Å². The zero-order valence-electron chi connectivity index (χ0n) is 15.8. The predicted molar refractivity (Wildman–Crippen MR) is 110 cm³/mol. The Morgan fingerprint density at radius 1 is 1.00 bits per heavy atom. The summed E-state index contributed by atoms with van der Waals surface area (Å²) in [5, 5.41) is 2.95. The zero-order valence-corrected chi connectivity index (χ0v) is 15.8. The first-order valence-corrected chi connectivity index (χ1v) is 9.11. The molecule has 3 rings (SSSR count). The van der Waals surface area contributed by atoms with E-state index in [1.54, 1.807) is 6.08 Å². The molecule has 0 bridgehead atoms. The first-order chi connectivity index (χ1) is 12.5. The molecule has 26 heavy (non-hydrogen) atoms. The molecule has 4 nitrogen and oxygen atoms in total. The van der Waals surface area contributed by atoms with Crippen LogP contribution in [-0.4, -0.2) is 44.0 Å². The largest absolute Gasteiger partial charge is 0.369 e. The highest BCUT2D eigenvalue weighted by atomic mass is 16.1. The fourth-order valence-corrected chi connectivity index (χ4v) is 3.17. The highest BCUT2D eigenvalue weighted by molar-refractivity contribution is 6.02. The van der Waals surface area contributed by atoms with Crippen LogP contribution in [0.25, 0.3) is 6.08 Å². The Morgan fingerprint density at radius 3 is 2.35 bits per heavy atom. The number of piperazine rings is 1. The minimum Gasteiger partial charge on any atom is -0.369 e. The van der Waals surface area contributed by atoms with Crippen molar-refractivity contribution in [2.24, 2.45) is 0 Å². The second kappa shape index (κ2) is 8.19. The average Bonchev–Trinajstić information content (AvgIpc) is 2.62. The topological polar surface area (TPSA) is 35.6 Å². The molecular weight excluding hydrogens is 322 g/mol. The summed E-state index contributed by atoms with van der Waals surface area (Å²) in [7, 11) is 2.16. The summed E-state index contributed by atoms with van der Waals surface area (Å²) in [5.41, 5.74) is 5.51. The maximum absolute atomic E-state index is 12.2. The fraction of sp³-hybridized carbons (Fsp3) is 0.318. The molecule has 1 amide bonds. The van der Waals surface area contributed by atoms with Crippen molar-refractivity contribution in [3.8, 4) is 0 Å². The summed E-state index contributed by atoms with van der Waals surface area (Å²) in [6, 6.07) is 14.2. The summed E-state index contributed by atoms with van der Waals surface area (Å²) in [6.07, 6.45) is 3.41. The number of rotatable bonds is 4. The maximum Gasteiger partial charge on any atom is 0.248 e. The number of benzene rings is 2. The van der Waals surface area contributed by atoms with Gasteiger partial charge in [-0.15, -0.1) is 0 Å². The van der Waals surface area contributed by atoms with Gasteiger partial charge < -0.3 is 15.1 Å². The monoisotopic (exact) mass is 349 g/mol. The molecule has 1 N–H and O–H groups in total. The Kier molecular flexibility index (Phi) is 5.74.